The van der Waals surface area contributed by atoms with Gasteiger partial charge in [-0.1, -0.05) is 27.7 Å². The highest BCUT2D eigenvalue weighted by molar-refractivity contribution is 8.72. The molecule has 0 fully saturated rings. The summed E-state index contributed by atoms with van der Waals surface area (Å²) in [6.07, 6.45) is 0. The van der Waals surface area contributed by atoms with Crippen molar-refractivity contribution in [3.8, 4) is 0 Å². The van der Waals surface area contributed by atoms with E-state index in [1.165, 1.54) is 0 Å². The molecule has 4 heteroatoms. The van der Waals surface area contributed by atoms with Gasteiger partial charge in [0.05, 0.1) is 5.75 Å². The summed E-state index contributed by atoms with van der Waals surface area (Å²) in [7, 11) is -1.77. The van der Waals surface area contributed by atoms with Gasteiger partial charge in [-0.25, -0.2) is 8.42 Å². The van der Waals surface area contributed by atoms with Crippen LogP contribution in [0.25, 0.3) is 0 Å². The topological polar surface area (TPSA) is 34.1 Å². The van der Waals surface area contributed by atoms with E-state index >= 15 is 0 Å². The molecule has 0 amide bonds. The molecule has 0 unspecified atom stereocenters. The molecule has 0 bridgehead atoms. The van der Waals surface area contributed by atoms with E-state index in [1.54, 1.807) is 0 Å². The van der Waals surface area contributed by atoms with Crippen LogP contribution in [0.5, 0.6) is 0 Å². The zero-order valence-electron chi connectivity index (χ0n) is 8.20. The Kier molecular flexibility index (Phi) is 5.25. The van der Waals surface area contributed by atoms with E-state index in [0.717, 1.165) is 10.8 Å². The maximum atomic E-state index is 11.3. The molecule has 0 saturated heterocycles. The summed E-state index contributed by atoms with van der Waals surface area (Å²) in [5.74, 6) is 1.67. The van der Waals surface area contributed by atoms with E-state index < -0.39 is 8.87 Å². The first-order valence-electron chi connectivity index (χ1n) is 4.20. The van der Waals surface area contributed by atoms with Crippen LogP contribution in [-0.2, 0) is 8.87 Å². The molecule has 0 spiro atoms. The minimum atomic E-state index is -2.86. The van der Waals surface area contributed by atoms with Crippen LogP contribution in [0.4, 0.5) is 0 Å². The minimum Gasteiger partial charge on any atom is -0.217 e. The highest BCUT2D eigenvalue weighted by atomic mass is 33.1. The molecule has 0 saturated carbocycles. The third-order valence-electron chi connectivity index (χ3n) is 1.12. The fraction of sp³-hybridized carbons (Fsp3) is 1.00. The van der Waals surface area contributed by atoms with E-state index in [9.17, 15) is 8.42 Å². The van der Waals surface area contributed by atoms with Gasteiger partial charge in [-0.3, -0.25) is 0 Å². The van der Waals surface area contributed by atoms with Gasteiger partial charge in [0.25, 0.3) is 0 Å². The van der Waals surface area contributed by atoms with Crippen LogP contribution in [0.3, 0.4) is 0 Å². The van der Waals surface area contributed by atoms with Crippen molar-refractivity contribution in [3.05, 3.63) is 0 Å². The first-order chi connectivity index (χ1) is 5.33. The van der Waals surface area contributed by atoms with Crippen molar-refractivity contribution >= 4 is 19.7 Å². The van der Waals surface area contributed by atoms with Crippen LogP contribution < -0.4 is 0 Å². The van der Waals surface area contributed by atoms with Crippen LogP contribution >= 0.6 is 10.8 Å². The largest absolute Gasteiger partial charge is 0.217 e. The molecular formula is C8H18O2S2. The predicted octanol–water partition coefficient (Wildman–Crippen LogP) is 2.36. The SMILES string of the molecule is CC(C)CSS(=O)(=O)CC(C)C. The van der Waals surface area contributed by atoms with Gasteiger partial charge in [0.1, 0.15) is 0 Å². The molecule has 0 radical (unpaired) electrons. The number of hydrogen-bond acceptors (Lipinski definition) is 3. The lowest BCUT2D eigenvalue weighted by Crippen LogP contribution is -2.09. The first-order valence-corrected chi connectivity index (χ1v) is 7.36. The molecule has 0 aromatic carbocycles. The molecule has 0 atom stereocenters. The average Bonchev–Trinajstić information content (AvgIpc) is 1.81. The summed E-state index contributed by atoms with van der Waals surface area (Å²) >= 11 is 0. The van der Waals surface area contributed by atoms with Gasteiger partial charge in [-0.2, -0.15) is 0 Å². The minimum absolute atomic E-state index is 0.231. The summed E-state index contributed by atoms with van der Waals surface area (Å²) in [6, 6.07) is 0. The van der Waals surface area contributed by atoms with Gasteiger partial charge in [0, 0.05) is 5.75 Å². The Labute approximate surface area is 79.4 Å². The molecule has 0 aliphatic rings. The zero-order valence-corrected chi connectivity index (χ0v) is 9.83. The molecule has 0 aromatic rings. The molecule has 0 N–H and O–H groups in total. The Morgan fingerprint density at radius 2 is 1.58 bits per heavy atom. The molecule has 0 aliphatic carbocycles. The monoisotopic (exact) mass is 210 g/mol. The summed E-state index contributed by atoms with van der Waals surface area (Å²) in [4.78, 5) is 0. The van der Waals surface area contributed by atoms with Gasteiger partial charge in [0.15, 0.2) is 0 Å². The van der Waals surface area contributed by atoms with E-state index in [1.807, 2.05) is 27.7 Å². The number of hydrogen-bond donors (Lipinski definition) is 0. The highest BCUT2D eigenvalue weighted by Gasteiger charge is 2.14. The van der Waals surface area contributed by atoms with Crippen molar-refractivity contribution in [2.24, 2.45) is 11.8 Å². The Hall–Kier alpha value is 0.300. The third-order valence-corrected chi connectivity index (χ3v) is 5.25. The second-order valence-electron chi connectivity index (χ2n) is 3.80. The fourth-order valence-electron chi connectivity index (χ4n) is 0.696. The van der Waals surface area contributed by atoms with Gasteiger partial charge >= 0.3 is 0 Å². The maximum absolute atomic E-state index is 11.3. The molecular weight excluding hydrogens is 192 g/mol. The van der Waals surface area contributed by atoms with Crippen LogP contribution in [-0.4, -0.2) is 19.9 Å². The summed E-state index contributed by atoms with van der Waals surface area (Å²) in [5.41, 5.74) is 0. The summed E-state index contributed by atoms with van der Waals surface area (Å²) in [6.45, 7) is 7.90. The molecule has 0 aromatic heterocycles. The molecule has 12 heavy (non-hydrogen) atoms. The lowest BCUT2D eigenvalue weighted by atomic mass is 10.3. The van der Waals surface area contributed by atoms with Crippen LogP contribution in [0.2, 0.25) is 0 Å². The number of rotatable bonds is 5. The Morgan fingerprint density at radius 3 is 1.92 bits per heavy atom. The van der Waals surface area contributed by atoms with Gasteiger partial charge in [0.2, 0.25) is 8.87 Å². The Bertz CT molecular complexity index is 205. The van der Waals surface area contributed by atoms with Crippen molar-refractivity contribution < 1.29 is 8.42 Å². The molecule has 2 nitrogen and oxygen atoms in total. The predicted molar refractivity (Wildman–Crippen MR) is 55.9 cm³/mol. The van der Waals surface area contributed by atoms with E-state index in [-0.39, 0.29) is 5.92 Å². The van der Waals surface area contributed by atoms with Crippen LogP contribution in [0.1, 0.15) is 27.7 Å². The maximum Gasteiger partial charge on any atom is 0.201 e. The van der Waals surface area contributed by atoms with Crippen molar-refractivity contribution in [1.29, 1.82) is 0 Å². The van der Waals surface area contributed by atoms with Gasteiger partial charge in [-0.15, -0.1) is 0 Å². The normalized spacial score (nSPS) is 12.8. The standard InChI is InChI=1S/C8H18O2S2/c1-7(2)5-11-12(9,10)6-8(3)4/h7-8H,5-6H2,1-4H3. The molecule has 74 valence electrons. The Balaban J connectivity index is 3.89. The van der Waals surface area contributed by atoms with Crippen LogP contribution in [0.15, 0.2) is 0 Å². The molecule has 0 aliphatic heterocycles. The summed E-state index contributed by atoms with van der Waals surface area (Å²) < 4.78 is 22.6. The zero-order chi connectivity index (χ0) is 9.78. The van der Waals surface area contributed by atoms with Crippen molar-refractivity contribution in [2.45, 2.75) is 27.7 Å². The van der Waals surface area contributed by atoms with Crippen LogP contribution in [0, 0.1) is 11.8 Å². The second-order valence-corrected chi connectivity index (χ2v) is 8.04. The molecule has 0 rings (SSSR count). The first kappa shape index (κ1) is 12.3. The van der Waals surface area contributed by atoms with E-state index in [2.05, 4.69) is 0 Å². The van der Waals surface area contributed by atoms with Gasteiger partial charge < -0.3 is 0 Å². The van der Waals surface area contributed by atoms with Gasteiger partial charge in [-0.05, 0) is 22.6 Å². The smallest absolute Gasteiger partial charge is 0.201 e. The lowest BCUT2D eigenvalue weighted by molar-refractivity contribution is 0.596. The molecule has 0 heterocycles. The van der Waals surface area contributed by atoms with Crippen molar-refractivity contribution in [2.75, 3.05) is 11.5 Å². The third kappa shape index (κ3) is 6.98. The summed E-state index contributed by atoms with van der Waals surface area (Å²) in [5, 5.41) is 0. The van der Waals surface area contributed by atoms with Crippen molar-refractivity contribution in [3.63, 3.8) is 0 Å². The van der Waals surface area contributed by atoms with Crippen molar-refractivity contribution in [1.82, 2.24) is 0 Å². The second kappa shape index (κ2) is 5.12. The van der Waals surface area contributed by atoms with E-state index in [4.69, 9.17) is 0 Å². The fourth-order valence-corrected chi connectivity index (χ4v) is 4.63. The Morgan fingerprint density at radius 1 is 1.08 bits per heavy atom. The average molecular weight is 210 g/mol. The van der Waals surface area contributed by atoms with E-state index in [0.29, 0.717) is 17.4 Å². The lowest BCUT2D eigenvalue weighted by Gasteiger charge is -2.07. The quantitative estimate of drug-likeness (QED) is 0.653. The highest BCUT2D eigenvalue weighted by Crippen LogP contribution is 2.18.